The van der Waals surface area contributed by atoms with Crippen LogP contribution in [0.4, 0.5) is 0 Å². The van der Waals surface area contributed by atoms with Gasteiger partial charge in [-0.1, -0.05) is 26.0 Å². The molecule has 0 bridgehead atoms. The summed E-state index contributed by atoms with van der Waals surface area (Å²) in [5.41, 5.74) is 1.05. The van der Waals surface area contributed by atoms with Crippen molar-refractivity contribution in [2.24, 2.45) is 11.8 Å². The zero-order valence-electron chi connectivity index (χ0n) is 14.8. The average Bonchev–Trinajstić information content (AvgIpc) is 3.04. The molecule has 134 valence electrons. The van der Waals surface area contributed by atoms with Crippen LogP contribution in [0.5, 0.6) is 5.75 Å². The van der Waals surface area contributed by atoms with Crippen LogP contribution in [-0.2, 0) is 10.2 Å². The molecule has 2 heterocycles. The van der Waals surface area contributed by atoms with Crippen molar-refractivity contribution < 1.29 is 13.2 Å². The molecule has 0 aliphatic carbocycles. The molecule has 3 rings (SSSR count). The first-order chi connectivity index (χ1) is 11.4. The van der Waals surface area contributed by atoms with Gasteiger partial charge in [0.2, 0.25) is 0 Å². The van der Waals surface area contributed by atoms with Crippen molar-refractivity contribution >= 4 is 10.2 Å². The summed E-state index contributed by atoms with van der Waals surface area (Å²) in [6.07, 6.45) is 2.90. The van der Waals surface area contributed by atoms with E-state index in [-0.39, 0.29) is 6.04 Å². The van der Waals surface area contributed by atoms with Gasteiger partial charge in [0, 0.05) is 19.6 Å². The van der Waals surface area contributed by atoms with Crippen molar-refractivity contribution in [1.82, 2.24) is 8.61 Å². The molecular weight excluding hydrogens is 324 g/mol. The maximum atomic E-state index is 13.2. The molecule has 0 aromatic heterocycles. The summed E-state index contributed by atoms with van der Waals surface area (Å²) in [7, 11) is -1.77. The van der Waals surface area contributed by atoms with Crippen LogP contribution in [0.3, 0.4) is 0 Å². The highest BCUT2D eigenvalue weighted by molar-refractivity contribution is 7.86. The van der Waals surface area contributed by atoms with E-state index in [0.717, 1.165) is 30.6 Å². The fourth-order valence-electron chi connectivity index (χ4n) is 4.12. The van der Waals surface area contributed by atoms with E-state index in [1.807, 2.05) is 24.3 Å². The van der Waals surface area contributed by atoms with Gasteiger partial charge >= 0.3 is 0 Å². The summed E-state index contributed by atoms with van der Waals surface area (Å²) in [5.74, 6) is 1.64. The third-order valence-corrected chi connectivity index (χ3v) is 7.14. The minimum absolute atomic E-state index is 0.0616. The summed E-state index contributed by atoms with van der Waals surface area (Å²) in [6.45, 7) is 6.17. The fraction of sp³-hybridized carbons (Fsp3) is 0.667. The summed E-state index contributed by atoms with van der Waals surface area (Å²) >= 11 is 0. The summed E-state index contributed by atoms with van der Waals surface area (Å²) < 4.78 is 35.0. The largest absolute Gasteiger partial charge is 0.497 e. The number of piperidine rings is 1. The van der Waals surface area contributed by atoms with Crippen molar-refractivity contribution in [3.63, 3.8) is 0 Å². The van der Waals surface area contributed by atoms with Gasteiger partial charge in [0.05, 0.1) is 13.2 Å². The number of hydrogen-bond donors (Lipinski definition) is 0. The minimum Gasteiger partial charge on any atom is -0.497 e. The van der Waals surface area contributed by atoms with Crippen LogP contribution in [0.15, 0.2) is 24.3 Å². The van der Waals surface area contributed by atoms with Gasteiger partial charge in [-0.2, -0.15) is 17.0 Å². The van der Waals surface area contributed by atoms with Crippen LogP contribution in [0.25, 0.3) is 0 Å². The van der Waals surface area contributed by atoms with Crippen LogP contribution in [-0.4, -0.2) is 43.8 Å². The van der Waals surface area contributed by atoms with Gasteiger partial charge in [0.25, 0.3) is 10.2 Å². The lowest BCUT2D eigenvalue weighted by Crippen LogP contribution is -2.49. The van der Waals surface area contributed by atoms with Crippen LogP contribution < -0.4 is 4.74 Å². The van der Waals surface area contributed by atoms with E-state index in [1.54, 1.807) is 15.7 Å². The van der Waals surface area contributed by atoms with Gasteiger partial charge in [-0.05, 0) is 48.8 Å². The predicted octanol–water partition coefficient (Wildman–Crippen LogP) is 3.05. The van der Waals surface area contributed by atoms with E-state index in [4.69, 9.17) is 4.74 Å². The Morgan fingerprint density at radius 1 is 1.08 bits per heavy atom. The Bertz CT molecular complexity index is 649. The Kier molecular flexibility index (Phi) is 5.18. The second kappa shape index (κ2) is 7.02. The van der Waals surface area contributed by atoms with Crippen LogP contribution >= 0.6 is 0 Å². The highest BCUT2D eigenvalue weighted by atomic mass is 32.2. The molecule has 0 saturated carbocycles. The van der Waals surface area contributed by atoms with Crippen LogP contribution in [0, 0.1) is 11.8 Å². The molecule has 1 aromatic rings. The summed E-state index contributed by atoms with van der Waals surface area (Å²) in [5, 5.41) is 0. The molecule has 5 nitrogen and oxygen atoms in total. The molecule has 6 heteroatoms. The number of rotatable bonds is 4. The number of hydrogen-bond acceptors (Lipinski definition) is 3. The van der Waals surface area contributed by atoms with Crippen molar-refractivity contribution in [2.75, 3.05) is 26.7 Å². The summed E-state index contributed by atoms with van der Waals surface area (Å²) in [6, 6.07) is 7.72. The number of benzene rings is 1. The molecule has 24 heavy (non-hydrogen) atoms. The minimum atomic E-state index is -3.41. The number of nitrogens with zero attached hydrogens (tertiary/aromatic N) is 2. The third-order valence-electron chi connectivity index (χ3n) is 5.16. The van der Waals surface area contributed by atoms with E-state index in [1.165, 1.54) is 0 Å². The van der Waals surface area contributed by atoms with E-state index < -0.39 is 10.2 Å². The zero-order valence-corrected chi connectivity index (χ0v) is 15.6. The number of methoxy groups -OCH3 is 1. The summed E-state index contributed by atoms with van der Waals surface area (Å²) in [4.78, 5) is 0. The lowest BCUT2D eigenvalue weighted by atomic mass is 9.94. The SMILES string of the molecule is COc1ccc([C@@H]2CCCN2S(=O)(=O)N2C[C@H](C)C[C@@H](C)C2)cc1. The topological polar surface area (TPSA) is 49.9 Å². The Balaban J connectivity index is 1.83. The quantitative estimate of drug-likeness (QED) is 0.837. The van der Waals surface area contributed by atoms with Crippen molar-refractivity contribution in [2.45, 2.75) is 39.2 Å². The Hall–Kier alpha value is -1.11. The average molecular weight is 353 g/mol. The van der Waals surface area contributed by atoms with E-state index in [9.17, 15) is 8.42 Å². The normalized spacial score (nSPS) is 29.7. The highest BCUT2D eigenvalue weighted by Gasteiger charge is 2.40. The molecule has 0 N–H and O–H groups in total. The molecular formula is C18H28N2O3S. The molecule has 2 aliphatic heterocycles. The maximum Gasteiger partial charge on any atom is 0.282 e. The molecule has 3 atom stereocenters. The van der Waals surface area contributed by atoms with Crippen molar-refractivity contribution in [1.29, 1.82) is 0 Å². The van der Waals surface area contributed by atoms with Crippen molar-refractivity contribution in [3.05, 3.63) is 29.8 Å². The lowest BCUT2D eigenvalue weighted by Gasteiger charge is -2.37. The third kappa shape index (κ3) is 3.46. The lowest BCUT2D eigenvalue weighted by molar-refractivity contribution is 0.207. The number of ether oxygens (including phenoxy) is 1. The van der Waals surface area contributed by atoms with E-state index >= 15 is 0 Å². The van der Waals surface area contributed by atoms with E-state index in [0.29, 0.717) is 31.5 Å². The van der Waals surface area contributed by atoms with Gasteiger partial charge in [-0.3, -0.25) is 0 Å². The van der Waals surface area contributed by atoms with E-state index in [2.05, 4.69) is 13.8 Å². The molecule has 0 amide bonds. The fourth-order valence-corrected chi connectivity index (χ4v) is 6.21. The highest BCUT2D eigenvalue weighted by Crippen LogP contribution is 2.37. The first kappa shape index (κ1) is 17.7. The van der Waals surface area contributed by atoms with Gasteiger partial charge in [-0.15, -0.1) is 0 Å². The predicted molar refractivity (Wildman–Crippen MR) is 95.1 cm³/mol. The van der Waals surface area contributed by atoms with Gasteiger partial charge in [0.15, 0.2) is 0 Å². The van der Waals surface area contributed by atoms with Crippen LogP contribution in [0.2, 0.25) is 0 Å². The zero-order chi connectivity index (χ0) is 17.3. The van der Waals surface area contributed by atoms with Gasteiger partial charge in [0.1, 0.15) is 5.75 Å². The molecule has 2 fully saturated rings. The second-order valence-electron chi connectivity index (χ2n) is 7.31. The smallest absolute Gasteiger partial charge is 0.282 e. The molecule has 1 aromatic carbocycles. The molecule has 2 aliphatic rings. The van der Waals surface area contributed by atoms with Crippen LogP contribution in [0.1, 0.15) is 44.7 Å². The standard InChI is InChI=1S/C18H28N2O3S/c1-14-11-15(2)13-19(12-14)24(21,22)20-10-4-5-18(20)16-6-8-17(23-3)9-7-16/h6-9,14-15,18H,4-5,10-13H2,1-3H3/t14-,15-,18+/m1/s1. The monoisotopic (exact) mass is 352 g/mol. The Morgan fingerprint density at radius 2 is 1.71 bits per heavy atom. The maximum absolute atomic E-state index is 13.2. The molecule has 0 unspecified atom stereocenters. The second-order valence-corrected chi connectivity index (χ2v) is 9.19. The Labute approximate surface area is 145 Å². The first-order valence-electron chi connectivity index (χ1n) is 8.82. The molecule has 0 spiro atoms. The first-order valence-corrected chi connectivity index (χ1v) is 10.2. The van der Waals surface area contributed by atoms with Gasteiger partial charge in [-0.25, -0.2) is 0 Å². The van der Waals surface area contributed by atoms with Crippen molar-refractivity contribution in [3.8, 4) is 5.75 Å². The van der Waals surface area contributed by atoms with Gasteiger partial charge < -0.3 is 4.74 Å². The molecule has 2 saturated heterocycles. The Morgan fingerprint density at radius 3 is 2.29 bits per heavy atom. The molecule has 0 radical (unpaired) electrons.